The Morgan fingerprint density at radius 3 is 2.78 bits per heavy atom. The average molecular weight is 258 g/mol. The van der Waals surface area contributed by atoms with Crippen LogP contribution in [0.25, 0.3) is 0 Å². The molecule has 0 amide bonds. The van der Waals surface area contributed by atoms with Crippen LogP contribution in [0.15, 0.2) is 0 Å². The second kappa shape index (κ2) is 7.10. The third-order valence-electron chi connectivity index (χ3n) is 4.12. The van der Waals surface area contributed by atoms with Gasteiger partial charge in [-0.15, -0.1) is 0 Å². The Bertz CT molecular complexity index is 267. The van der Waals surface area contributed by atoms with Crippen LogP contribution in [0.5, 0.6) is 0 Å². The molecule has 0 aliphatic heterocycles. The molecule has 0 spiro atoms. The van der Waals surface area contributed by atoms with E-state index in [0.717, 1.165) is 19.3 Å². The van der Waals surface area contributed by atoms with Gasteiger partial charge in [0.25, 0.3) is 0 Å². The third-order valence-corrected chi connectivity index (χ3v) is 4.12. The largest absolute Gasteiger partial charge is 0.481 e. The van der Waals surface area contributed by atoms with Crippen LogP contribution in [0, 0.1) is 11.3 Å². The number of carboxylic acid groups (broad SMARTS) is 1. The van der Waals surface area contributed by atoms with E-state index in [9.17, 15) is 15.0 Å². The molecule has 0 bridgehead atoms. The fourth-order valence-electron chi connectivity index (χ4n) is 3.07. The lowest BCUT2D eigenvalue weighted by Gasteiger charge is -2.38. The highest BCUT2D eigenvalue weighted by molar-refractivity contribution is 5.74. The van der Waals surface area contributed by atoms with E-state index >= 15 is 0 Å². The minimum Gasteiger partial charge on any atom is -0.481 e. The van der Waals surface area contributed by atoms with Crippen LogP contribution in [0.2, 0.25) is 0 Å². The van der Waals surface area contributed by atoms with E-state index in [-0.39, 0.29) is 6.61 Å². The first-order valence-electron chi connectivity index (χ1n) is 7.03. The monoisotopic (exact) mass is 258 g/mol. The Labute approximate surface area is 109 Å². The summed E-state index contributed by atoms with van der Waals surface area (Å²) in [6.45, 7) is 4.77. The molecule has 106 valence electrons. The van der Waals surface area contributed by atoms with Gasteiger partial charge in [-0.1, -0.05) is 26.2 Å². The minimum atomic E-state index is -0.754. The molecule has 4 nitrogen and oxygen atoms in total. The first kappa shape index (κ1) is 15.4. The van der Waals surface area contributed by atoms with E-state index < -0.39 is 17.5 Å². The highest BCUT2D eigenvalue weighted by Crippen LogP contribution is 2.44. The molecule has 0 heterocycles. The molecule has 1 fully saturated rings. The highest BCUT2D eigenvalue weighted by atomic mass is 16.5. The van der Waals surface area contributed by atoms with Gasteiger partial charge in [0.05, 0.1) is 18.1 Å². The summed E-state index contributed by atoms with van der Waals surface area (Å²) in [6, 6.07) is 0. The van der Waals surface area contributed by atoms with Gasteiger partial charge in [-0.05, 0) is 32.1 Å². The molecule has 1 aliphatic rings. The van der Waals surface area contributed by atoms with Gasteiger partial charge < -0.3 is 14.9 Å². The molecular formula is C14H26O4. The summed E-state index contributed by atoms with van der Waals surface area (Å²) in [6.07, 6.45) is 4.12. The second-order valence-corrected chi connectivity index (χ2v) is 5.47. The van der Waals surface area contributed by atoms with Gasteiger partial charge in [-0.3, -0.25) is 4.79 Å². The second-order valence-electron chi connectivity index (χ2n) is 5.47. The van der Waals surface area contributed by atoms with Crippen molar-refractivity contribution in [3.8, 4) is 0 Å². The summed E-state index contributed by atoms with van der Waals surface area (Å²) in [5.41, 5.74) is -0.741. The number of aliphatic hydroxyl groups excluding tert-OH is 1. The summed E-state index contributed by atoms with van der Waals surface area (Å²) < 4.78 is 5.17. The lowest BCUT2D eigenvalue weighted by atomic mass is 9.66. The predicted molar refractivity (Wildman–Crippen MR) is 69.4 cm³/mol. The maximum atomic E-state index is 11.6. The zero-order chi connectivity index (χ0) is 13.6. The van der Waals surface area contributed by atoms with Crippen molar-refractivity contribution in [3.05, 3.63) is 0 Å². The van der Waals surface area contributed by atoms with Crippen LogP contribution in [0.1, 0.15) is 52.4 Å². The van der Waals surface area contributed by atoms with Crippen molar-refractivity contribution in [3.63, 3.8) is 0 Å². The van der Waals surface area contributed by atoms with E-state index in [4.69, 9.17) is 4.74 Å². The molecule has 0 aromatic rings. The van der Waals surface area contributed by atoms with Gasteiger partial charge in [-0.2, -0.15) is 0 Å². The SMILES string of the molecule is CCOCC(O)CC1(C(=O)O)CCCC(CC)C1. The number of ether oxygens (including phenoxy) is 1. The standard InChI is InChI=1S/C14H26O4/c1-3-11-6-5-7-14(8-11,13(16)17)9-12(15)10-18-4-2/h11-12,15H,3-10H2,1-2H3,(H,16,17). The summed E-state index contributed by atoms with van der Waals surface area (Å²) in [7, 11) is 0. The molecule has 2 N–H and O–H groups in total. The van der Waals surface area contributed by atoms with Crippen LogP contribution >= 0.6 is 0 Å². The number of aliphatic carboxylic acids is 1. The van der Waals surface area contributed by atoms with E-state index in [2.05, 4.69) is 6.92 Å². The number of rotatable bonds is 7. The molecule has 0 aromatic heterocycles. The predicted octanol–water partition coefficient (Wildman–Crippen LogP) is 2.45. The Morgan fingerprint density at radius 1 is 1.50 bits per heavy atom. The molecule has 1 rings (SSSR count). The van der Waals surface area contributed by atoms with Crippen molar-refractivity contribution in [2.24, 2.45) is 11.3 Å². The van der Waals surface area contributed by atoms with Crippen molar-refractivity contribution < 1.29 is 19.7 Å². The summed E-state index contributed by atoms with van der Waals surface area (Å²) in [4.78, 5) is 11.6. The Kier molecular flexibility index (Phi) is 6.09. The van der Waals surface area contributed by atoms with Gasteiger partial charge >= 0.3 is 5.97 Å². The van der Waals surface area contributed by atoms with Crippen molar-refractivity contribution in [1.82, 2.24) is 0 Å². The summed E-state index contributed by atoms with van der Waals surface area (Å²) >= 11 is 0. The number of carboxylic acids is 1. The lowest BCUT2D eigenvalue weighted by Crippen LogP contribution is -2.40. The van der Waals surface area contributed by atoms with Crippen LogP contribution in [-0.2, 0) is 9.53 Å². The van der Waals surface area contributed by atoms with Crippen molar-refractivity contribution in [1.29, 1.82) is 0 Å². The third kappa shape index (κ3) is 3.95. The van der Waals surface area contributed by atoms with E-state index in [1.165, 1.54) is 0 Å². The van der Waals surface area contributed by atoms with E-state index in [1.807, 2.05) is 6.92 Å². The average Bonchev–Trinajstić information content (AvgIpc) is 2.36. The maximum absolute atomic E-state index is 11.6. The number of hydrogen-bond donors (Lipinski definition) is 2. The molecule has 3 unspecified atom stereocenters. The van der Waals surface area contributed by atoms with Gasteiger partial charge in [0.1, 0.15) is 0 Å². The molecular weight excluding hydrogens is 232 g/mol. The van der Waals surface area contributed by atoms with Gasteiger partial charge in [0, 0.05) is 6.61 Å². The van der Waals surface area contributed by atoms with Crippen LogP contribution in [-0.4, -0.2) is 35.5 Å². The zero-order valence-electron chi connectivity index (χ0n) is 11.5. The first-order chi connectivity index (χ1) is 8.54. The smallest absolute Gasteiger partial charge is 0.309 e. The van der Waals surface area contributed by atoms with E-state index in [0.29, 0.717) is 31.8 Å². The van der Waals surface area contributed by atoms with Crippen LogP contribution < -0.4 is 0 Å². The molecule has 4 heteroatoms. The number of carbonyl (C=O) groups is 1. The molecule has 3 atom stereocenters. The fourth-order valence-corrected chi connectivity index (χ4v) is 3.07. The first-order valence-corrected chi connectivity index (χ1v) is 7.03. The Morgan fingerprint density at radius 2 is 2.22 bits per heavy atom. The molecule has 0 aromatic carbocycles. The lowest BCUT2D eigenvalue weighted by molar-refractivity contribution is -0.155. The van der Waals surface area contributed by atoms with E-state index in [1.54, 1.807) is 0 Å². The Hall–Kier alpha value is -0.610. The fraction of sp³-hybridized carbons (Fsp3) is 0.929. The number of aliphatic hydroxyl groups is 1. The van der Waals surface area contributed by atoms with Crippen LogP contribution in [0.3, 0.4) is 0 Å². The van der Waals surface area contributed by atoms with Crippen molar-refractivity contribution >= 4 is 5.97 Å². The van der Waals surface area contributed by atoms with Crippen LogP contribution in [0.4, 0.5) is 0 Å². The minimum absolute atomic E-state index is 0.238. The topological polar surface area (TPSA) is 66.8 Å². The molecule has 1 saturated carbocycles. The summed E-state index contributed by atoms with van der Waals surface area (Å²) in [5.74, 6) is -0.273. The van der Waals surface area contributed by atoms with Gasteiger partial charge in [0.2, 0.25) is 0 Å². The highest BCUT2D eigenvalue weighted by Gasteiger charge is 2.43. The summed E-state index contributed by atoms with van der Waals surface area (Å²) in [5, 5.41) is 19.4. The molecule has 0 radical (unpaired) electrons. The normalized spacial score (nSPS) is 30.1. The van der Waals surface area contributed by atoms with Crippen molar-refractivity contribution in [2.75, 3.05) is 13.2 Å². The van der Waals surface area contributed by atoms with Gasteiger partial charge in [0.15, 0.2) is 0 Å². The molecule has 18 heavy (non-hydrogen) atoms. The quantitative estimate of drug-likeness (QED) is 0.736. The Balaban J connectivity index is 2.65. The molecule has 1 aliphatic carbocycles. The van der Waals surface area contributed by atoms with Crippen molar-refractivity contribution in [2.45, 2.75) is 58.5 Å². The zero-order valence-corrected chi connectivity index (χ0v) is 11.5. The molecule has 0 saturated heterocycles. The maximum Gasteiger partial charge on any atom is 0.309 e. The number of hydrogen-bond acceptors (Lipinski definition) is 3. The van der Waals surface area contributed by atoms with Gasteiger partial charge in [-0.25, -0.2) is 0 Å².